The zero-order valence-electron chi connectivity index (χ0n) is 21.8. The second kappa shape index (κ2) is 12.2. The molecule has 6 nitrogen and oxygen atoms in total. The number of carbonyl (C=O) groups is 2. The monoisotopic (exact) mass is 554 g/mol. The summed E-state index contributed by atoms with van der Waals surface area (Å²) in [5.74, 6) is -5.34. The number of phenolic OH excluding ortho intramolecular Hbond substituents is 1. The summed E-state index contributed by atoms with van der Waals surface area (Å²) >= 11 is 0. The number of carbonyl (C=O) groups excluding carboxylic acids is 2. The molecule has 0 saturated carbocycles. The minimum atomic E-state index is -1.10. The summed E-state index contributed by atoms with van der Waals surface area (Å²) in [6.07, 6.45) is 2.69. The van der Waals surface area contributed by atoms with Crippen molar-refractivity contribution >= 4 is 23.8 Å². The third kappa shape index (κ3) is 6.76. The number of nitrogens with zero attached hydrogens (tertiary/aromatic N) is 2. The number of ketones is 1. The summed E-state index contributed by atoms with van der Waals surface area (Å²) < 4.78 is 60.2. The molecule has 1 heterocycles. The summed E-state index contributed by atoms with van der Waals surface area (Å²) in [5.41, 5.74) is 0.766. The smallest absolute Gasteiger partial charge is 0.254 e. The summed E-state index contributed by atoms with van der Waals surface area (Å²) in [4.78, 5) is 30.1. The first-order valence-electron chi connectivity index (χ1n) is 12.3. The van der Waals surface area contributed by atoms with Gasteiger partial charge in [0.2, 0.25) is 0 Å². The normalized spacial score (nSPS) is 15.8. The summed E-state index contributed by atoms with van der Waals surface area (Å²) in [7, 11) is 3.72. The molecule has 40 heavy (non-hydrogen) atoms. The largest absolute Gasteiger partial charge is 0.504 e. The Kier molecular flexibility index (Phi) is 8.69. The highest BCUT2D eigenvalue weighted by atomic mass is 19.2. The third-order valence-electron chi connectivity index (χ3n) is 6.16. The predicted octanol–water partition coefficient (Wildman–Crippen LogP) is 5.08. The van der Waals surface area contributed by atoms with Crippen LogP contribution in [0.15, 0.2) is 65.7 Å². The van der Waals surface area contributed by atoms with Gasteiger partial charge in [0.25, 0.3) is 5.91 Å². The van der Waals surface area contributed by atoms with Gasteiger partial charge in [0.05, 0.1) is 13.1 Å². The second-order valence-electron chi connectivity index (χ2n) is 9.51. The van der Waals surface area contributed by atoms with Crippen LogP contribution in [0, 0.1) is 23.3 Å². The lowest BCUT2D eigenvalue weighted by Gasteiger charge is -2.30. The summed E-state index contributed by atoms with van der Waals surface area (Å²) in [6.45, 7) is 0.508. The Morgan fingerprint density at radius 1 is 0.875 bits per heavy atom. The van der Waals surface area contributed by atoms with Gasteiger partial charge in [-0.05, 0) is 79.8 Å². The number of likely N-dealkylation sites (N-methyl/N-ethyl adjacent to an activating group) is 1. The van der Waals surface area contributed by atoms with Crippen molar-refractivity contribution in [3.63, 3.8) is 0 Å². The fourth-order valence-corrected chi connectivity index (χ4v) is 4.07. The van der Waals surface area contributed by atoms with Crippen molar-refractivity contribution in [2.24, 2.45) is 0 Å². The molecular weight excluding hydrogens is 528 g/mol. The molecule has 0 radical (unpaired) electrons. The van der Waals surface area contributed by atoms with Crippen LogP contribution >= 0.6 is 0 Å². The minimum Gasteiger partial charge on any atom is -0.504 e. The fraction of sp³-hybridized carbons (Fsp3) is 0.200. The first-order valence-corrected chi connectivity index (χ1v) is 12.3. The standard InChI is InChI=1S/C30H26F4N2O4/c1-35(2)9-10-40-28-15-20(5-8-27(28)37)30(39)36-16-21(11-18-3-6-23(31)25(33)13-18)29(38)22(17-36)12-19-4-7-24(32)26(34)14-19/h3-8,11-15,37H,9-10,16-17H2,1-2H3/b21-11+,22-12+. The molecule has 1 amide bonds. The second-order valence-corrected chi connectivity index (χ2v) is 9.51. The van der Waals surface area contributed by atoms with Gasteiger partial charge in [-0.2, -0.15) is 0 Å². The highest BCUT2D eigenvalue weighted by Crippen LogP contribution is 2.29. The van der Waals surface area contributed by atoms with Gasteiger partial charge in [-0.3, -0.25) is 9.59 Å². The molecular formula is C30H26F4N2O4. The Labute approximate surface area is 228 Å². The lowest BCUT2D eigenvalue weighted by Crippen LogP contribution is -2.41. The molecule has 1 saturated heterocycles. The number of hydrogen-bond acceptors (Lipinski definition) is 5. The first-order chi connectivity index (χ1) is 19.0. The Balaban J connectivity index is 1.70. The van der Waals surface area contributed by atoms with Crippen molar-refractivity contribution in [3.8, 4) is 11.5 Å². The van der Waals surface area contributed by atoms with E-state index < -0.39 is 35.0 Å². The molecule has 0 spiro atoms. The highest BCUT2D eigenvalue weighted by Gasteiger charge is 2.30. The number of Topliss-reactive ketones (excluding diaryl/α,β-unsaturated/α-hetero) is 1. The van der Waals surface area contributed by atoms with E-state index in [1.54, 1.807) is 0 Å². The van der Waals surface area contributed by atoms with Crippen LogP contribution in [0.2, 0.25) is 0 Å². The van der Waals surface area contributed by atoms with Crippen molar-refractivity contribution in [3.05, 3.63) is 106 Å². The molecule has 0 bridgehead atoms. The van der Waals surface area contributed by atoms with Gasteiger partial charge < -0.3 is 19.6 Å². The van der Waals surface area contributed by atoms with Gasteiger partial charge in [0.1, 0.15) is 6.61 Å². The number of aromatic hydroxyl groups is 1. The zero-order chi connectivity index (χ0) is 29.0. The number of likely N-dealkylation sites (tertiary alicyclic amines) is 1. The van der Waals surface area contributed by atoms with Crippen molar-refractivity contribution in [1.29, 1.82) is 0 Å². The molecule has 1 fully saturated rings. The first kappa shape index (κ1) is 28.6. The maximum absolute atomic E-state index is 13.8. The van der Waals surface area contributed by atoms with Crippen molar-refractivity contribution in [2.45, 2.75) is 0 Å². The predicted molar refractivity (Wildman–Crippen MR) is 142 cm³/mol. The Morgan fingerprint density at radius 3 is 1.93 bits per heavy atom. The van der Waals surface area contributed by atoms with Gasteiger partial charge in [-0.1, -0.05) is 12.1 Å². The molecule has 3 aromatic rings. The molecule has 4 rings (SSSR count). The van der Waals surface area contributed by atoms with Crippen LogP contribution < -0.4 is 4.74 Å². The van der Waals surface area contributed by atoms with Crippen molar-refractivity contribution < 1.29 is 37.0 Å². The van der Waals surface area contributed by atoms with E-state index in [0.29, 0.717) is 6.54 Å². The Bertz CT molecular complexity index is 1440. The molecule has 1 aliphatic heterocycles. The van der Waals surface area contributed by atoms with E-state index >= 15 is 0 Å². The number of piperidine rings is 1. The molecule has 3 aromatic carbocycles. The molecule has 0 atom stereocenters. The summed E-state index contributed by atoms with van der Waals surface area (Å²) in [6, 6.07) is 10.4. The number of halogens is 4. The number of rotatable bonds is 7. The minimum absolute atomic E-state index is 0.0978. The topological polar surface area (TPSA) is 70.1 Å². The van der Waals surface area contributed by atoms with Gasteiger partial charge in [-0.15, -0.1) is 0 Å². The number of ether oxygens (including phenoxy) is 1. The quantitative estimate of drug-likeness (QED) is 0.326. The van der Waals surface area contributed by atoms with Crippen LogP contribution in [0.3, 0.4) is 0 Å². The summed E-state index contributed by atoms with van der Waals surface area (Å²) in [5, 5.41) is 10.2. The molecule has 208 valence electrons. The van der Waals surface area contributed by atoms with Gasteiger partial charge in [0.15, 0.2) is 40.6 Å². The van der Waals surface area contributed by atoms with Crippen LogP contribution in [0.5, 0.6) is 11.5 Å². The van der Waals surface area contributed by atoms with Crippen LogP contribution in [0.4, 0.5) is 17.6 Å². The number of amides is 1. The van der Waals surface area contributed by atoms with Crippen LogP contribution in [-0.4, -0.2) is 66.9 Å². The maximum atomic E-state index is 13.8. The average molecular weight is 555 g/mol. The molecule has 1 N–H and O–H groups in total. The number of benzene rings is 3. The third-order valence-corrected chi connectivity index (χ3v) is 6.16. The molecule has 0 unspecified atom stereocenters. The Morgan fingerprint density at radius 2 is 1.43 bits per heavy atom. The SMILES string of the molecule is CN(C)CCOc1cc(C(=O)N2C/C(=C\c3ccc(F)c(F)c3)C(=O)/C(=C/c3ccc(F)c(F)c3)C2)ccc1O. The van der Waals surface area contributed by atoms with E-state index in [0.717, 1.165) is 24.3 Å². The van der Waals surface area contributed by atoms with E-state index in [1.807, 2.05) is 19.0 Å². The van der Waals surface area contributed by atoms with Gasteiger partial charge in [0, 0.05) is 23.3 Å². The average Bonchev–Trinajstić information content (AvgIpc) is 2.91. The molecule has 1 aliphatic rings. The van der Waals surface area contributed by atoms with Crippen LogP contribution in [0.1, 0.15) is 21.5 Å². The van der Waals surface area contributed by atoms with E-state index in [2.05, 4.69) is 0 Å². The van der Waals surface area contributed by atoms with E-state index in [9.17, 15) is 32.3 Å². The van der Waals surface area contributed by atoms with E-state index in [4.69, 9.17) is 4.74 Å². The van der Waals surface area contributed by atoms with E-state index in [1.165, 1.54) is 47.4 Å². The Hall–Kier alpha value is -4.44. The lowest BCUT2D eigenvalue weighted by molar-refractivity contribution is -0.113. The zero-order valence-corrected chi connectivity index (χ0v) is 21.8. The van der Waals surface area contributed by atoms with Crippen LogP contribution in [-0.2, 0) is 4.79 Å². The number of phenols is 1. The highest BCUT2D eigenvalue weighted by molar-refractivity contribution is 6.16. The van der Waals surface area contributed by atoms with Crippen molar-refractivity contribution in [2.75, 3.05) is 40.3 Å². The van der Waals surface area contributed by atoms with Crippen LogP contribution in [0.25, 0.3) is 12.2 Å². The fourth-order valence-electron chi connectivity index (χ4n) is 4.07. The molecule has 10 heteroatoms. The van der Waals surface area contributed by atoms with Gasteiger partial charge >= 0.3 is 0 Å². The number of hydrogen-bond donors (Lipinski definition) is 1. The van der Waals surface area contributed by atoms with Crippen molar-refractivity contribution in [1.82, 2.24) is 9.80 Å². The molecule has 0 aromatic heterocycles. The van der Waals surface area contributed by atoms with Gasteiger partial charge in [-0.25, -0.2) is 17.6 Å². The van der Waals surface area contributed by atoms with E-state index in [-0.39, 0.29) is 59.0 Å². The lowest BCUT2D eigenvalue weighted by atomic mass is 9.93. The molecule has 0 aliphatic carbocycles. The maximum Gasteiger partial charge on any atom is 0.254 e.